The second-order valence-electron chi connectivity index (χ2n) is 4.89. The maximum Gasteiger partial charge on any atom is 0.271 e. The molecule has 0 aliphatic rings. The zero-order valence-corrected chi connectivity index (χ0v) is 11.9. The molecule has 19 heavy (non-hydrogen) atoms. The molecular weight excluding hydrogens is 248 g/mol. The largest absolute Gasteiger partial charge is 0.395 e. The van der Waals surface area contributed by atoms with Crippen LogP contribution in [0.25, 0.3) is 0 Å². The molecule has 4 N–H and O–H groups in total. The number of carbonyl (C=O) groups is 1. The zero-order chi connectivity index (χ0) is 14.6. The Kier molecular flexibility index (Phi) is 4.90. The molecule has 7 heteroatoms. The highest BCUT2D eigenvalue weighted by Gasteiger charge is 2.23. The summed E-state index contributed by atoms with van der Waals surface area (Å²) in [5, 5.41) is 16.8. The number of nitrogen functional groups attached to an aromatic ring is 1. The molecule has 0 saturated heterocycles. The lowest BCUT2D eigenvalue weighted by molar-refractivity contribution is 0.0242. The molecule has 0 radical (unpaired) electrons. The molecule has 108 valence electrons. The maximum atomic E-state index is 12.0. The van der Waals surface area contributed by atoms with Crippen molar-refractivity contribution in [2.24, 2.45) is 7.05 Å². The molecule has 0 aromatic carbocycles. The number of nitrogens with two attached hydrogens (primary N) is 1. The van der Waals surface area contributed by atoms with Gasteiger partial charge in [0.1, 0.15) is 5.69 Å². The Labute approximate surface area is 112 Å². The van der Waals surface area contributed by atoms with E-state index in [1.807, 2.05) is 0 Å². The molecule has 0 spiro atoms. The van der Waals surface area contributed by atoms with Gasteiger partial charge < -0.3 is 20.9 Å². The number of rotatable bonds is 6. The molecule has 0 aliphatic heterocycles. The van der Waals surface area contributed by atoms with Gasteiger partial charge in [-0.15, -0.1) is 0 Å². The number of aliphatic hydroxyl groups is 1. The van der Waals surface area contributed by atoms with Gasteiger partial charge in [0, 0.05) is 33.7 Å². The van der Waals surface area contributed by atoms with Crippen LogP contribution >= 0.6 is 0 Å². The van der Waals surface area contributed by atoms with Gasteiger partial charge in [-0.3, -0.25) is 9.48 Å². The number of aromatic nitrogens is 2. The fourth-order valence-corrected chi connectivity index (χ4v) is 1.71. The molecule has 7 nitrogen and oxygen atoms in total. The highest BCUT2D eigenvalue weighted by molar-refractivity contribution is 5.97. The molecule has 1 heterocycles. The average molecular weight is 270 g/mol. The third-order valence-electron chi connectivity index (χ3n) is 2.96. The van der Waals surface area contributed by atoms with Crippen molar-refractivity contribution in [3.8, 4) is 0 Å². The number of carbonyl (C=O) groups excluding carboxylic acids is 1. The van der Waals surface area contributed by atoms with Crippen molar-refractivity contribution in [1.82, 2.24) is 15.1 Å². The first-order valence-corrected chi connectivity index (χ1v) is 6.07. The normalized spacial score (nSPS) is 14.2. The minimum absolute atomic E-state index is 0.124. The fraction of sp³-hybridized carbons (Fsp3) is 0.667. The van der Waals surface area contributed by atoms with E-state index < -0.39 is 5.60 Å². The molecule has 0 aliphatic carbocycles. The van der Waals surface area contributed by atoms with E-state index in [1.165, 1.54) is 4.68 Å². The van der Waals surface area contributed by atoms with Crippen LogP contribution in [0.15, 0.2) is 0 Å². The highest BCUT2D eigenvalue weighted by atomic mass is 16.5. The summed E-state index contributed by atoms with van der Waals surface area (Å²) in [4.78, 5) is 12.0. The number of hydrogen-bond acceptors (Lipinski definition) is 5. The van der Waals surface area contributed by atoms with Crippen LogP contribution in [0.3, 0.4) is 0 Å². The Hall–Kier alpha value is -1.60. The number of nitrogens with one attached hydrogen (secondary N) is 1. The van der Waals surface area contributed by atoms with Gasteiger partial charge in [0.05, 0.1) is 17.0 Å². The quantitative estimate of drug-likeness (QED) is 0.666. The zero-order valence-electron chi connectivity index (χ0n) is 11.9. The van der Waals surface area contributed by atoms with Crippen LogP contribution in [-0.2, 0) is 11.8 Å². The number of aryl methyl sites for hydroxylation is 2. The monoisotopic (exact) mass is 270 g/mol. The SMILES string of the molecule is COCCC(C)(O)CNC(=O)c1c(N)c(C)nn1C. The molecule has 1 aromatic heterocycles. The van der Waals surface area contributed by atoms with E-state index in [0.29, 0.717) is 30.1 Å². The Balaban J connectivity index is 2.65. The number of nitrogens with zero attached hydrogens (tertiary/aromatic N) is 2. The smallest absolute Gasteiger partial charge is 0.271 e. The van der Waals surface area contributed by atoms with Crippen LogP contribution in [-0.4, -0.2) is 46.7 Å². The van der Waals surface area contributed by atoms with Crippen molar-refractivity contribution in [2.75, 3.05) is 26.0 Å². The van der Waals surface area contributed by atoms with Gasteiger partial charge in [0.2, 0.25) is 0 Å². The second kappa shape index (κ2) is 6.03. The van der Waals surface area contributed by atoms with E-state index >= 15 is 0 Å². The number of ether oxygens (including phenoxy) is 1. The van der Waals surface area contributed by atoms with E-state index in [9.17, 15) is 9.90 Å². The predicted octanol–water partition coefficient (Wildman–Crippen LogP) is -0.172. The molecule has 0 fully saturated rings. The number of hydrogen-bond donors (Lipinski definition) is 3. The first kappa shape index (κ1) is 15.5. The summed E-state index contributed by atoms with van der Waals surface area (Å²) in [6.45, 7) is 3.93. The van der Waals surface area contributed by atoms with Crippen LogP contribution in [0.2, 0.25) is 0 Å². The third-order valence-corrected chi connectivity index (χ3v) is 2.96. The summed E-state index contributed by atoms with van der Waals surface area (Å²) in [5.41, 5.74) is 6.05. The van der Waals surface area contributed by atoms with Crippen LogP contribution in [0.4, 0.5) is 5.69 Å². The van der Waals surface area contributed by atoms with Gasteiger partial charge in [-0.25, -0.2) is 0 Å². The van der Waals surface area contributed by atoms with Gasteiger partial charge in [-0.1, -0.05) is 0 Å². The molecule has 1 unspecified atom stereocenters. The summed E-state index contributed by atoms with van der Waals surface area (Å²) < 4.78 is 6.34. The van der Waals surface area contributed by atoms with Gasteiger partial charge in [0.15, 0.2) is 0 Å². The fourth-order valence-electron chi connectivity index (χ4n) is 1.71. The summed E-state index contributed by atoms with van der Waals surface area (Å²) in [6, 6.07) is 0. The van der Waals surface area contributed by atoms with Crippen molar-refractivity contribution in [1.29, 1.82) is 0 Å². The Bertz CT molecular complexity index is 454. The summed E-state index contributed by atoms with van der Waals surface area (Å²) in [7, 11) is 3.22. The maximum absolute atomic E-state index is 12.0. The van der Waals surface area contributed by atoms with Crippen molar-refractivity contribution in [3.05, 3.63) is 11.4 Å². The van der Waals surface area contributed by atoms with Gasteiger partial charge in [0.25, 0.3) is 5.91 Å². The molecule has 0 saturated carbocycles. The minimum Gasteiger partial charge on any atom is -0.395 e. The van der Waals surface area contributed by atoms with Crippen molar-refractivity contribution in [2.45, 2.75) is 25.9 Å². The lowest BCUT2D eigenvalue weighted by atomic mass is 10.0. The van der Waals surface area contributed by atoms with Gasteiger partial charge in [-0.05, 0) is 13.8 Å². The van der Waals surface area contributed by atoms with Crippen LogP contribution < -0.4 is 11.1 Å². The van der Waals surface area contributed by atoms with Gasteiger partial charge in [-0.2, -0.15) is 5.10 Å². The summed E-state index contributed by atoms with van der Waals surface area (Å²) >= 11 is 0. The standard InChI is InChI=1S/C12H22N4O3/c1-8-9(13)10(16(3)15-8)11(17)14-7-12(2,18)5-6-19-4/h18H,5-7,13H2,1-4H3,(H,14,17). The molecule has 1 amide bonds. The predicted molar refractivity (Wildman–Crippen MR) is 71.8 cm³/mol. The van der Waals surface area contributed by atoms with Crippen LogP contribution in [0, 0.1) is 6.92 Å². The van der Waals surface area contributed by atoms with E-state index in [1.54, 1.807) is 28.0 Å². The molecule has 1 aromatic rings. The van der Waals surface area contributed by atoms with E-state index in [2.05, 4.69) is 10.4 Å². The van der Waals surface area contributed by atoms with E-state index in [-0.39, 0.29) is 12.5 Å². The molecular formula is C12H22N4O3. The highest BCUT2D eigenvalue weighted by Crippen LogP contribution is 2.15. The van der Waals surface area contributed by atoms with E-state index in [0.717, 1.165) is 0 Å². The minimum atomic E-state index is -1.02. The Morgan fingerprint density at radius 3 is 2.74 bits per heavy atom. The second-order valence-corrected chi connectivity index (χ2v) is 4.89. The van der Waals surface area contributed by atoms with Crippen LogP contribution in [0.5, 0.6) is 0 Å². The Morgan fingerprint density at radius 2 is 2.26 bits per heavy atom. The lowest BCUT2D eigenvalue weighted by Gasteiger charge is -2.23. The first-order chi connectivity index (χ1) is 8.78. The summed E-state index contributed by atoms with van der Waals surface area (Å²) in [6.07, 6.45) is 0.434. The lowest BCUT2D eigenvalue weighted by Crippen LogP contribution is -2.42. The first-order valence-electron chi connectivity index (χ1n) is 6.07. The Morgan fingerprint density at radius 1 is 1.63 bits per heavy atom. The van der Waals surface area contributed by atoms with E-state index in [4.69, 9.17) is 10.5 Å². The number of anilines is 1. The average Bonchev–Trinajstić information content (AvgIpc) is 2.58. The topological polar surface area (TPSA) is 102 Å². The van der Waals surface area contributed by atoms with Crippen molar-refractivity contribution >= 4 is 11.6 Å². The molecule has 1 atom stereocenters. The third kappa shape index (κ3) is 3.93. The van der Waals surface area contributed by atoms with Crippen molar-refractivity contribution < 1.29 is 14.6 Å². The molecule has 1 rings (SSSR count). The van der Waals surface area contributed by atoms with Gasteiger partial charge >= 0.3 is 0 Å². The number of amides is 1. The molecule has 0 bridgehead atoms. The van der Waals surface area contributed by atoms with Crippen molar-refractivity contribution in [3.63, 3.8) is 0 Å². The number of methoxy groups -OCH3 is 1. The summed E-state index contributed by atoms with van der Waals surface area (Å²) in [5.74, 6) is -0.349. The van der Waals surface area contributed by atoms with Crippen LogP contribution in [0.1, 0.15) is 29.5 Å².